The van der Waals surface area contributed by atoms with Crippen LogP contribution in [-0.2, 0) is 17.7 Å². The number of hydrogen-bond acceptors (Lipinski definition) is 2. The number of rotatable bonds is 4. The molecule has 0 saturated carbocycles. The average molecular weight is 281 g/mol. The van der Waals surface area contributed by atoms with Gasteiger partial charge < -0.3 is 4.74 Å². The maximum absolute atomic E-state index is 12.0. The van der Waals surface area contributed by atoms with E-state index in [4.69, 9.17) is 4.74 Å². The molecule has 108 valence electrons. The first-order valence-corrected chi connectivity index (χ1v) is 7.34. The summed E-state index contributed by atoms with van der Waals surface area (Å²) in [6.07, 6.45) is 0.638. The predicted molar refractivity (Wildman–Crippen MR) is 81.9 cm³/mol. The minimum atomic E-state index is -0.233. The Morgan fingerprint density at radius 1 is 1.05 bits per heavy atom. The Morgan fingerprint density at radius 3 is 2.38 bits per heavy atom. The third-order valence-corrected chi connectivity index (χ3v) is 3.86. The Morgan fingerprint density at radius 2 is 1.71 bits per heavy atom. The van der Waals surface area contributed by atoms with Crippen molar-refractivity contribution >= 4 is 6.09 Å². The highest BCUT2D eigenvalue weighted by molar-refractivity contribution is 5.70. The second-order valence-corrected chi connectivity index (χ2v) is 5.33. The first kappa shape index (κ1) is 13.7. The zero-order valence-corrected chi connectivity index (χ0v) is 12.2. The van der Waals surface area contributed by atoms with Crippen LogP contribution in [0.15, 0.2) is 54.6 Å². The fraction of sp³-hybridized carbons (Fsp3) is 0.278. The molecule has 0 unspecified atom stereocenters. The molecule has 0 radical (unpaired) electrons. The molecule has 3 nitrogen and oxygen atoms in total. The quantitative estimate of drug-likeness (QED) is 0.849. The fourth-order valence-corrected chi connectivity index (χ4v) is 2.58. The van der Waals surface area contributed by atoms with E-state index in [0.717, 1.165) is 17.5 Å². The maximum atomic E-state index is 12.0. The Labute approximate surface area is 125 Å². The highest BCUT2D eigenvalue weighted by Crippen LogP contribution is 2.27. The van der Waals surface area contributed by atoms with Crippen LogP contribution in [0, 0.1) is 0 Å². The van der Waals surface area contributed by atoms with Gasteiger partial charge in [-0.2, -0.15) is 0 Å². The molecule has 3 rings (SSSR count). The van der Waals surface area contributed by atoms with E-state index in [1.54, 1.807) is 4.90 Å². The fourth-order valence-electron chi connectivity index (χ4n) is 2.58. The van der Waals surface area contributed by atoms with E-state index in [1.165, 1.54) is 5.56 Å². The summed E-state index contributed by atoms with van der Waals surface area (Å²) < 4.78 is 5.46. The van der Waals surface area contributed by atoms with Crippen LogP contribution >= 0.6 is 0 Å². The lowest BCUT2D eigenvalue weighted by molar-refractivity contribution is 0.132. The lowest BCUT2D eigenvalue weighted by Crippen LogP contribution is -2.23. The highest BCUT2D eigenvalue weighted by atomic mass is 16.6. The van der Waals surface area contributed by atoms with Gasteiger partial charge in [0.05, 0.1) is 6.54 Å². The molecule has 1 saturated heterocycles. The molecule has 0 aliphatic carbocycles. The summed E-state index contributed by atoms with van der Waals surface area (Å²) >= 11 is 0. The molecule has 2 aromatic rings. The van der Waals surface area contributed by atoms with Gasteiger partial charge >= 0.3 is 6.09 Å². The monoisotopic (exact) mass is 281 g/mol. The van der Waals surface area contributed by atoms with E-state index in [-0.39, 0.29) is 12.2 Å². The summed E-state index contributed by atoms with van der Waals surface area (Å²) in [5.41, 5.74) is 3.50. The number of hydrogen-bond donors (Lipinski definition) is 0. The molecule has 1 aliphatic rings. The first-order chi connectivity index (χ1) is 10.3. The molecule has 3 heteroatoms. The zero-order chi connectivity index (χ0) is 14.7. The molecule has 0 bridgehead atoms. The standard InChI is InChI=1S/C18H19NO2/c1-2-14-8-10-15(11-9-14)12-19-13-17(21-18(19)20)16-6-4-3-5-7-16/h3-11,17H,2,12-13H2,1H3/t17-/m0/s1. The molecular formula is C18H19NO2. The van der Waals surface area contributed by atoms with Crippen molar-refractivity contribution in [1.29, 1.82) is 0 Å². The van der Waals surface area contributed by atoms with Gasteiger partial charge in [0.25, 0.3) is 0 Å². The van der Waals surface area contributed by atoms with Crippen LogP contribution in [0.2, 0.25) is 0 Å². The molecule has 1 fully saturated rings. The van der Waals surface area contributed by atoms with Gasteiger partial charge in [0, 0.05) is 6.54 Å². The maximum Gasteiger partial charge on any atom is 0.410 e. The van der Waals surface area contributed by atoms with Gasteiger partial charge in [-0.15, -0.1) is 0 Å². The lowest BCUT2D eigenvalue weighted by Gasteiger charge is -2.13. The van der Waals surface area contributed by atoms with Crippen molar-refractivity contribution in [3.05, 3.63) is 71.3 Å². The van der Waals surface area contributed by atoms with E-state index in [9.17, 15) is 4.79 Å². The molecule has 21 heavy (non-hydrogen) atoms. The van der Waals surface area contributed by atoms with Crippen LogP contribution in [0.5, 0.6) is 0 Å². The minimum absolute atomic E-state index is 0.159. The number of cyclic esters (lactones) is 1. The number of nitrogens with zero attached hydrogens (tertiary/aromatic N) is 1. The molecule has 1 atom stereocenters. The smallest absolute Gasteiger partial charge is 0.410 e. The van der Waals surface area contributed by atoms with Crippen LogP contribution in [0.4, 0.5) is 4.79 Å². The van der Waals surface area contributed by atoms with Crippen molar-refractivity contribution in [2.45, 2.75) is 26.0 Å². The number of benzene rings is 2. The molecule has 0 N–H and O–H groups in total. The van der Waals surface area contributed by atoms with Crippen LogP contribution in [-0.4, -0.2) is 17.5 Å². The van der Waals surface area contributed by atoms with Crippen molar-refractivity contribution in [3.63, 3.8) is 0 Å². The normalized spacial score (nSPS) is 17.9. The Bertz CT molecular complexity index is 607. The molecule has 1 heterocycles. The summed E-state index contributed by atoms with van der Waals surface area (Å²) in [6.45, 7) is 3.35. The van der Waals surface area contributed by atoms with Gasteiger partial charge in [0.15, 0.2) is 0 Å². The summed E-state index contributed by atoms with van der Waals surface area (Å²) in [5.74, 6) is 0. The Balaban J connectivity index is 1.67. The minimum Gasteiger partial charge on any atom is -0.439 e. The first-order valence-electron chi connectivity index (χ1n) is 7.34. The van der Waals surface area contributed by atoms with Crippen LogP contribution < -0.4 is 0 Å². The highest BCUT2D eigenvalue weighted by Gasteiger charge is 2.31. The van der Waals surface area contributed by atoms with Gasteiger partial charge in [-0.3, -0.25) is 4.90 Å². The van der Waals surface area contributed by atoms with Crippen molar-refractivity contribution in [2.75, 3.05) is 6.54 Å². The number of carbonyl (C=O) groups is 1. The molecule has 1 aliphatic heterocycles. The van der Waals surface area contributed by atoms with Crippen molar-refractivity contribution in [3.8, 4) is 0 Å². The molecule has 0 spiro atoms. The van der Waals surface area contributed by atoms with Crippen molar-refractivity contribution in [2.24, 2.45) is 0 Å². The summed E-state index contributed by atoms with van der Waals surface area (Å²) in [5, 5.41) is 0. The predicted octanol–water partition coefficient (Wildman–Crippen LogP) is 3.94. The number of aryl methyl sites for hydroxylation is 1. The third kappa shape index (κ3) is 3.07. The molecule has 2 aromatic carbocycles. The van der Waals surface area contributed by atoms with Crippen LogP contribution in [0.25, 0.3) is 0 Å². The second-order valence-electron chi connectivity index (χ2n) is 5.33. The topological polar surface area (TPSA) is 29.5 Å². The Kier molecular flexibility index (Phi) is 3.91. The average Bonchev–Trinajstić information content (AvgIpc) is 2.90. The number of amides is 1. The van der Waals surface area contributed by atoms with Gasteiger partial charge in [0.1, 0.15) is 6.10 Å². The lowest BCUT2D eigenvalue weighted by atomic mass is 10.1. The van der Waals surface area contributed by atoms with E-state index in [0.29, 0.717) is 13.1 Å². The molecule has 1 amide bonds. The summed E-state index contributed by atoms with van der Waals surface area (Å²) in [4.78, 5) is 13.8. The van der Waals surface area contributed by atoms with Crippen molar-refractivity contribution in [1.82, 2.24) is 4.90 Å². The summed E-state index contributed by atoms with van der Waals surface area (Å²) in [6, 6.07) is 18.3. The third-order valence-electron chi connectivity index (χ3n) is 3.86. The largest absolute Gasteiger partial charge is 0.439 e. The van der Waals surface area contributed by atoms with Gasteiger partial charge in [-0.25, -0.2) is 4.79 Å². The Hall–Kier alpha value is -2.29. The van der Waals surface area contributed by atoms with E-state index < -0.39 is 0 Å². The molecular weight excluding hydrogens is 262 g/mol. The van der Waals surface area contributed by atoms with Crippen LogP contribution in [0.1, 0.15) is 29.7 Å². The zero-order valence-electron chi connectivity index (χ0n) is 12.2. The van der Waals surface area contributed by atoms with Crippen molar-refractivity contribution < 1.29 is 9.53 Å². The summed E-state index contributed by atoms with van der Waals surface area (Å²) in [7, 11) is 0. The van der Waals surface area contributed by atoms with E-state index in [1.807, 2.05) is 30.3 Å². The molecule has 0 aromatic heterocycles. The second kappa shape index (κ2) is 6.00. The van der Waals surface area contributed by atoms with E-state index >= 15 is 0 Å². The number of ether oxygens (including phenoxy) is 1. The van der Waals surface area contributed by atoms with Gasteiger partial charge in [-0.1, -0.05) is 61.5 Å². The van der Waals surface area contributed by atoms with Gasteiger partial charge in [0.2, 0.25) is 0 Å². The van der Waals surface area contributed by atoms with E-state index in [2.05, 4.69) is 31.2 Å². The SMILES string of the molecule is CCc1ccc(CN2C[C@@H](c3ccccc3)OC2=O)cc1. The van der Waals surface area contributed by atoms with Crippen LogP contribution in [0.3, 0.4) is 0 Å². The van der Waals surface area contributed by atoms with Gasteiger partial charge in [-0.05, 0) is 23.1 Å². The number of carbonyl (C=O) groups excluding carboxylic acids is 1.